The van der Waals surface area contributed by atoms with Crippen LogP contribution in [-0.4, -0.2) is 40.9 Å². The number of aromatic nitrogens is 1. The van der Waals surface area contributed by atoms with Crippen LogP contribution in [0.2, 0.25) is 0 Å². The maximum atomic E-state index is 12.3. The Morgan fingerprint density at radius 2 is 1.73 bits per heavy atom. The smallest absolute Gasteiger partial charge is 0.414 e. The first-order chi connectivity index (χ1) is 16.0. The van der Waals surface area contributed by atoms with Gasteiger partial charge in [-0.15, -0.1) is 0 Å². The van der Waals surface area contributed by atoms with Crippen molar-refractivity contribution in [2.45, 2.75) is 31.7 Å². The average molecular weight is 449 g/mol. The van der Waals surface area contributed by atoms with E-state index in [0.29, 0.717) is 6.42 Å². The molecule has 0 saturated carbocycles. The third kappa shape index (κ3) is 4.72. The lowest BCUT2D eigenvalue weighted by atomic mass is 9.98. The van der Waals surface area contributed by atoms with Gasteiger partial charge in [0.25, 0.3) is 5.91 Å². The first-order valence-corrected chi connectivity index (χ1v) is 10.6. The Morgan fingerprint density at radius 3 is 2.33 bits per heavy atom. The molecule has 1 aliphatic rings. The Kier molecular flexibility index (Phi) is 6.39. The highest BCUT2D eigenvalue weighted by Crippen LogP contribution is 2.44. The summed E-state index contributed by atoms with van der Waals surface area (Å²) in [6, 6.07) is 16.2. The number of hydrogen-bond acceptors (Lipinski definition) is 6. The minimum atomic E-state index is -1.13. The minimum Gasteiger partial charge on any atom is -0.480 e. The van der Waals surface area contributed by atoms with Gasteiger partial charge in [-0.3, -0.25) is 10.1 Å². The fourth-order valence-electron chi connectivity index (χ4n) is 3.95. The molecule has 0 fully saturated rings. The lowest BCUT2D eigenvalue weighted by molar-refractivity contribution is -0.139. The van der Waals surface area contributed by atoms with E-state index in [4.69, 9.17) is 14.4 Å². The van der Waals surface area contributed by atoms with Crippen molar-refractivity contribution in [1.82, 2.24) is 10.5 Å². The van der Waals surface area contributed by atoms with Crippen LogP contribution in [0.15, 0.2) is 59.1 Å². The molecule has 4 rings (SSSR count). The highest BCUT2D eigenvalue weighted by Gasteiger charge is 2.29. The number of ether oxygens (including phenoxy) is 1. The van der Waals surface area contributed by atoms with Gasteiger partial charge in [0.2, 0.25) is 5.88 Å². The number of carbonyl (C=O) groups is 3. The van der Waals surface area contributed by atoms with Crippen LogP contribution in [0.3, 0.4) is 0 Å². The van der Waals surface area contributed by atoms with Crippen molar-refractivity contribution in [2.75, 3.05) is 11.9 Å². The molecule has 1 aromatic heterocycles. The SMILES string of the molecule is CCCC(NC(=O)c1cc(NC(=O)OCC2c3ccccc3-c3ccccc32)on1)C(=O)O. The summed E-state index contributed by atoms with van der Waals surface area (Å²) in [4.78, 5) is 35.8. The van der Waals surface area contributed by atoms with E-state index in [2.05, 4.69) is 15.8 Å². The molecule has 2 aromatic carbocycles. The molecule has 0 radical (unpaired) electrons. The summed E-state index contributed by atoms with van der Waals surface area (Å²) in [5.41, 5.74) is 4.27. The van der Waals surface area contributed by atoms with Crippen LogP contribution in [-0.2, 0) is 9.53 Å². The van der Waals surface area contributed by atoms with E-state index in [0.717, 1.165) is 22.3 Å². The van der Waals surface area contributed by atoms with Crippen molar-refractivity contribution >= 4 is 23.9 Å². The number of nitrogens with zero attached hydrogens (tertiary/aromatic N) is 1. The molecule has 0 spiro atoms. The van der Waals surface area contributed by atoms with Gasteiger partial charge in [0.1, 0.15) is 12.6 Å². The number of fused-ring (bicyclic) bond motifs is 3. The minimum absolute atomic E-state index is 0.0836. The zero-order valence-electron chi connectivity index (χ0n) is 17.9. The lowest BCUT2D eigenvalue weighted by Gasteiger charge is -2.14. The number of anilines is 1. The number of carboxylic acid groups (broad SMARTS) is 1. The maximum absolute atomic E-state index is 12.3. The number of carbonyl (C=O) groups excluding carboxylic acids is 2. The Morgan fingerprint density at radius 1 is 1.09 bits per heavy atom. The highest BCUT2D eigenvalue weighted by atomic mass is 16.6. The number of rotatable bonds is 8. The van der Waals surface area contributed by atoms with Gasteiger partial charge in [-0.1, -0.05) is 67.0 Å². The van der Waals surface area contributed by atoms with Crippen LogP contribution in [0, 0.1) is 0 Å². The zero-order chi connectivity index (χ0) is 23.4. The monoisotopic (exact) mass is 449 g/mol. The van der Waals surface area contributed by atoms with Crippen molar-refractivity contribution in [3.63, 3.8) is 0 Å². The molecule has 1 atom stereocenters. The van der Waals surface area contributed by atoms with E-state index in [1.165, 1.54) is 6.07 Å². The topological polar surface area (TPSA) is 131 Å². The molecule has 9 heteroatoms. The first-order valence-electron chi connectivity index (χ1n) is 10.6. The summed E-state index contributed by atoms with van der Waals surface area (Å²) >= 11 is 0. The normalized spacial score (nSPS) is 13.0. The Balaban J connectivity index is 1.36. The number of nitrogens with one attached hydrogen (secondary N) is 2. The van der Waals surface area contributed by atoms with Gasteiger partial charge >= 0.3 is 12.1 Å². The highest BCUT2D eigenvalue weighted by molar-refractivity contribution is 5.96. The van der Waals surface area contributed by atoms with Crippen molar-refractivity contribution in [1.29, 1.82) is 0 Å². The molecule has 0 bridgehead atoms. The van der Waals surface area contributed by atoms with Crippen molar-refractivity contribution in [3.05, 3.63) is 71.4 Å². The molecule has 33 heavy (non-hydrogen) atoms. The Labute approximate surface area is 189 Å². The van der Waals surface area contributed by atoms with Crippen molar-refractivity contribution < 1.29 is 28.8 Å². The molecule has 0 aliphatic heterocycles. The molecular weight excluding hydrogens is 426 g/mol. The molecular formula is C24H23N3O6. The largest absolute Gasteiger partial charge is 0.480 e. The second kappa shape index (κ2) is 9.56. The summed E-state index contributed by atoms with van der Waals surface area (Å²) in [6.07, 6.45) is 0.114. The molecule has 1 heterocycles. The summed E-state index contributed by atoms with van der Waals surface area (Å²) in [7, 11) is 0. The quantitative estimate of drug-likeness (QED) is 0.473. The number of carboxylic acids is 1. The van der Waals surface area contributed by atoms with E-state index in [9.17, 15) is 14.4 Å². The summed E-state index contributed by atoms with van der Waals surface area (Å²) in [5, 5.41) is 17.5. The molecule has 1 unspecified atom stereocenters. The van der Waals surface area contributed by atoms with Gasteiger partial charge in [0.15, 0.2) is 5.69 Å². The van der Waals surface area contributed by atoms with Crippen molar-refractivity contribution in [3.8, 4) is 11.1 Å². The van der Waals surface area contributed by atoms with Crippen LogP contribution in [0.1, 0.15) is 47.3 Å². The molecule has 3 N–H and O–H groups in total. The first kappa shape index (κ1) is 22.1. The Hall–Kier alpha value is -4.14. The second-order valence-corrected chi connectivity index (χ2v) is 7.68. The van der Waals surface area contributed by atoms with E-state index in [1.54, 1.807) is 0 Å². The molecule has 170 valence electrons. The van der Waals surface area contributed by atoms with E-state index in [-0.39, 0.29) is 30.5 Å². The predicted octanol–water partition coefficient (Wildman–Crippen LogP) is 4.02. The lowest BCUT2D eigenvalue weighted by Crippen LogP contribution is -2.40. The van der Waals surface area contributed by atoms with Gasteiger partial charge in [-0.2, -0.15) is 0 Å². The van der Waals surface area contributed by atoms with Gasteiger partial charge in [0, 0.05) is 12.0 Å². The third-order valence-electron chi connectivity index (χ3n) is 5.49. The summed E-state index contributed by atoms with van der Waals surface area (Å²) in [5.74, 6) is -2.02. The molecule has 0 saturated heterocycles. The van der Waals surface area contributed by atoms with Crippen LogP contribution >= 0.6 is 0 Å². The number of benzene rings is 2. The van der Waals surface area contributed by atoms with Gasteiger partial charge in [0.05, 0.1) is 0 Å². The third-order valence-corrected chi connectivity index (χ3v) is 5.49. The van der Waals surface area contributed by atoms with E-state index >= 15 is 0 Å². The van der Waals surface area contributed by atoms with Gasteiger partial charge < -0.3 is 19.7 Å². The maximum Gasteiger partial charge on any atom is 0.414 e. The fraction of sp³-hybridized carbons (Fsp3) is 0.250. The van der Waals surface area contributed by atoms with Crippen LogP contribution in [0.25, 0.3) is 11.1 Å². The second-order valence-electron chi connectivity index (χ2n) is 7.68. The standard InChI is InChI=1S/C24H23N3O6/c1-2-7-19(23(29)30)25-22(28)20-12-21(33-27-20)26-24(31)32-13-18-16-10-5-3-8-14(16)15-9-4-6-11-17(15)18/h3-6,8-12,18-19H,2,7,13H2,1H3,(H,25,28)(H,26,31)(H,29,30). The van der Waals surface area contributed by atoms with Crippen LogP contribution in [0.5, 0.6) is 0 Å². The molecule has 2 amide bonds. The van der Waals surface area contributed by atoms with Gasteiger partial charge in [-0.05, 0) is 28.7 Å². The van der Waals surface area contributed by atoms with Crippen molar-refractivity contribution in [2.24, 2.45) is 0 Å². The fourth-order valence-corrected chi connectivity index (χ4v) is 3.95. The Bertz CT molecular complexity index is 1140. The van der Waals surface area contributed by atoms with E-state index < -0.39 is 24.0 Å². The predicted molar refractivity (Wildman–Crippen MR) is 119 cm³/mol. The summed E-state index contributed by atoms with van der Waals surface area (Å²) < 4.78 is 10.4. The molecule has 9 nitrogen and oxygen atoms in total. The van der Waals surface area contributed by atoms with Crippen LogP contribution in [0.4, 0.5) is 10.7 Å². The molecule has 1 aliphatic carbocycles. The van der Waals surface area contributed by atoms with E-state index in [1.807, 2.05) is 55.5 Å². The summed E-state index contributed by atoms with van der Waals surface area (Å²) in [6.45, 7) is 1.94. The zero-order valence-corrected chi connectivity index (χ0v) is 17.9. The average Bonchev–Trinajstić information content (AvgIpc) is 3.40. The number of hydrogen-bond donors (Lipinski definition) is 3. The number of amides is 2. The van der Waals surface area contributed by atoms with Gasteiger partial charge in [-0.25, -0.2) is 9.59 Å². The van der Waals surface area contributed by atoms with Crippen LogP contribution < -0.4 is 10.6 Å². The number of aliphatic carboxylic acids is 1. The molecule has 3 aromatic rings.